The van der Waals surface area contributed by atoms with E-state index in [1.807, 2.05) is 20.8 Å². The lowest BCUT2D eigenvalue weighted by Crippen LogP contribution is -2.52. The summed E-state index contributed by atoms with van der Waals surface area (Å²) in [4.78, 5) is 36.3. The molecule has 7 heteroatoms. The number of amides is 3. The molecule has 0 fully saturated rings. The molecule has 0 saturated heterocycles. The van der Waals surface area contributed by atoms with Crippen molar-refractivity contribution in [3.05, 3.63) is 35.6 Å². The van der Waals surface area contributed by atoms with Crippen LogP contribution in [0.3, 0.4) is 0 Å². The molecule has 0 heterocycles. The van der Waals surface area contributed by atoms with Crippen LogP contribution in [-0.2, 0) is 9.59 Å². The Bertz CT molecular complexity index is 621. The Hall–Kier alpha value is -2.44. The lowest BCUT2D eigenvalue weighted by Gasteiger charge is -2.23. The molecule has 0 radical (unpaired) electrons. The van der Waals surface area contributed by atoms with Crippen molar-refractivity contribution >= 4 is 17.7 Å². The van der Waals surface area contributed by atoms with Gasteiger partial charge in [0.15, 0.2) is 0 Å². The Kier molecular flexibility index (Phi) is 7.09. The van der Waals surface area contributed by atoms with Crippen LogP contribution in [0.5, 0.6) is 0 Å². The maximum absolute atomic E-state index is 12.9. The highest BCUT2D eigenvalue weighted by atomic mass is 19.1. The number of halogens is 1. The molecule has 3 amide bonds. The number of nitrogens with one attached hydrogen (secondary N) is 3. The molecule has 0 aliphatic rings. The van der Waals surface area contributed by atoms with Crippen molar-refractivity contribution < 1.29 is 18.8 Å². The molecule has 1 aromatic carbocycles. The summed E-state index contributed by atoms with van der Waals surface area (Å²) in [7, 11) is 0. The van der Waals surface area contributed by atoms with Gasteiger partial charge in [0.25, 0.3) is 5.91 Å². The maximum Gasteiger partial charge on any atom is 0.251 e. The van der Waals surface area contributed by atoms with Crippen molar-refractivity contribution in [1.82, 2.24) is 16.0 Å². The summed E-state index contributed by atoms with van der Waals surface area (Å²) in [5.74, 6) is -1.87. The van der Waals surface area contributed by atoms with Gasteiger partial charge in [0, 0.05) is 11.1 Å². The van der Waals surface area contributed by atoms with Crippen LogP contribution in [0.15, 0.2) is 24.3 Å². The summed E-state index contributed by atoms with van der Waals surface area (Å²) in [6.45, 7) is 8.91. The van der Waals surface area contributed by atoms with Gasteiger partial charge in [0.05, 0.1) is 6.54 Å². The molecule has 1 rings (SSSR count). The maximum atomic E-state index is 12.9. The van der Waals surface area contributed by atoms with E-state index in [9.17, 15) is 18.8 Å². The molecule has 0 aliphatic carbocycles. The highest BCUT2D eigenvalue weighted by molar-refractivity contribution is 5.98. The first kappa shape index (κ1) is 20.6. The average molecular weight is 351 g/mol. The van der Waals surface area contributed by atoms with E-state index >= 15 is 0 Å². The third-order valence-electron chi connectivity index (χ3n) is 3.28. The van der Waals surface area contributed by atoms with E-state index in [0.717, 1.165) is 0 Å². The Morgan fingerprint density at radius 1 is 1.08 bits per heavy atom. The predicted octanol–water partition coefficient (Wildman–Crippen LogP) is 1.61. The molecule has 0 unspecified atom stereocenters. The fraction of sp³-hybridized carbons (Fsp3) is 0.500. The van der Waals surface area contributed by atoms with Crippen molar-refractivity contribution in [3.8, 4) is 0 Å². The van der Waals surface area contributed by atoms with E-state index < -0.39 is 29.2 Å². The minimum atomic E-state index is -0.806. The van der Waals surface area contributed by atoms with Gasteiger partial charge in [-0.3, -0.25) is 14.4 Å². The van der Waals surface area contributed by atoms with Gasteiger partial charge >= 0.3 is 0 Å². The number of hydrogen-bond acceptors (Lipinski definition) is 3. The fourth-order valence-electron chi connectivity index (χ4n) is 2.10. The monoisotopic (exact) mass is 351 g/mol. The zero-order valence-electron chi connectivity index (χ0n) is 15.3. The van der Waals surface area contributed by atoms with Gasteiger partial charge in [-0.15, -0.1) is 0 Å². The minimum Gasteiger partial charge on any atom is -0.350 e. The van der Waals surface area contributed by atoms with E-state index in [4.69, 9.17) is 0 Å². The van der Waals surface area contributed by atoms with Crippen LogP contribution in [0, 0.1) is 11.7 Å². The van der Waals surface area contributed by atoms with Gasteiger partial charge < -0.3 is 16.0 Å². The Balaban J connectivity index is 2.66. The van der Waals surface area contributed by atoms with E-state index in [0.29, 0.717) is 0 Å². The van der Waals surface area contributed by atoms with Gasteiger partial charge in [-0.1, -0.05) is 13.8 Å². The first-order valence-electron chi connectivity index (χ1n) is 8.15. The van der Waals surface area contributed by atoms with Crippen LogP contribution in [0.25, 0.3) is 0 Å². The summed E-state index contributed by atoms with van der Waals surface area (Å²) in [5, 5.41) is 7.88. The van der Waals surface area contributed by atoms with E-state index in [1.165, 1.54) is 24.3 Å². The normalized spacial score (nSPS) is 12.4. The molecule has 0 saturated carbocycles. The second-order valence-corrected chi connectivity index (χ2v) is 7.22. The van der Waals surface area contributed by atoms with Gasteiger partial charge in [-0.25, -0.2) is 4.39 Å². The van der Waals surface area contributed by atoms with Crippen LogP contribution in [0.4, 0.5) is 4.39 Å². The van der Waals surface area contributed by atoms with Crippen molar-refractivity contribution in [2.45, 2.75) is 46.2 Å². The highest BCUT2D eigenvalue weighted by Crippen LogP contribution is 2.07. The Morgan fingerprint density at radius 3 is 2.12 bits per heavy atom. The molecule has 0 aliphatic heterocycles. The molecule has 6 nitrogen and oxygen atoms in total. The topological polar surface area (TPSA) is 87.3 Å². The first-order chi connectivity index (χ1) is 11.5. The average Bonchev–Trinajstić information content (AvgIpc) is 2.48. The molecule has 138 valence electrons. The predicted molar refractivity (Wildman–Crippen MR) is 93.4 cm³/mol. The third kappa shape index (κ3) is 7.32. The second-order valence-electron chi connectivity index (χ2n) is 7.22. The van der Waals surface area contributed by atoms with Gasteiger partial charge in [-0.05, 0) is 51.0 Å². The summed E-state index contributed by atoms with van der Waals surface area (Å²) < 4.78 is 12.9. The molecule has 0 spiro atoms. The van der Waals surface area contributed by atoms with Crippen molar-refractivity contribution in [2.24, 2.45) is 5.92 Å². The number of rotatable bonds is 6. The zero-order chi connectivity index (χ0) is 19.2. The number of benzene rings is 1. The third-order valence-corrected chi connectivity index (χ3v) is 3.28. The van der Waals surface area contributed by atoms with E-state index in [-0.39, 0.29) is 23.9 Å². The lowest BCUT2D eigenvalue weighted by molar-refractivity contribution is -0.128. The quantitative estimate of drug-likeness (QED) is 0.728. The summed E-state index contributed by atoms with van der Waals surface area (Å²) in [6.07, 6.45) is 0. The number of carbonyl (C=O) groups excluding carboxylic acids is 3. The summed E-state index contributed by atoms with van der Waals surface area (Å²) in [5.41, 5.74) is -0.138. The van der Waals surface area contributed by atoms with Crippen LogP contribution < -0.4 is 16.0 Å². The largest absolute Gasteiger partial charge is 0.350 e. The smallest absolute Gasteiger partial charge is 0.251 e. The minimum absolute atomic E-state index is 0.175. The van der Waals surface area contributed by atoms with Gasteiger partial charge in [0.1, 0.15) is 11.9 Å². The highest BCUT2D eigenvalue weighted by Gasteiger charge is 2.25. The van der Waals surface area contributed by atoms with Crippen LogP contribution in [0.1, 0.15) is 45.0 Å². The molecule has 1 aromatic rings. The molecular formula is C18H26FN3O3. The molecule has 3 N–H and O–H groups in total. The Morgan fingerprint density at radius 2 is 1.64 bits per heavy atom. The molecule has 1 atom stereocenters. The van der Waals surface area contributed by atoms with E-state index in [2.05, 4.69) is 16.0 Å². The molecular weight excluding hydrogens is 325 g/mol. The van der Waals surface area contributed by atoms with Crippen molar-refractivity contribution in [1.29, 1.82) is 0 Å². The van der Waals surface area contributed by atoms with Crippen LogP contribution >= 0.6 is 0 Å². The van der Waals surface area contributed by atoms with Crippen molar-refractivity contribution in [2.75, 3.05) is 6.54 Å². The summed E-state index contributed by atoms with van der Waals surface area (Å²) >= 11 is 0. The second kappa shape index (κ2) is 8.60. The number of carbonyl (C=O) groups is 3. The summed E-state index contributed by atoms with van der Waals surface area (Å²) in [6, 6.07) is 4.24. The standard InChI is InChI=1S/C18H26FN3O3/c1-11(2)15(17(25)20-10-14(23)22-18(3,4)5)21-16(24)12-6-8-13(19)9-7-12/h6-9,11,15H,10H2,1-5H3,(H,20,25)(H,21,24)(H,22,23)/t15-/m0/s1. The molecule has 25 heavy (non-hydrogen) atoms. The first-order valence-corrected chi connectivity index (χ1v) is 8.15. The fourth-order valence-corrected chi connectivity index (χ4v) is 2.10. The Labute approximate surface area is 147 Å². The van der Waals surface area contributed by atoms with Gasteiger partial charge in [0.2, 0.25) is 11.8 Å². The van der Waals surface area contributed by atoms with E-state index in [1.54, 1.807) is 13.8 Å². The number of hydrogen-bond donors (Lipinski definition) is 3. The van der Waals surface area contributed by atoms with Gasteiger partial charge in [-0.2, -0.15) is 0 Å². The van der Waals surface area contributed by atoms with Crippen LogP contribution in [0.2, 0.25) is 0 Å². The van der Waals surface area contributed by atoms with Crippen molar-refractivity contribution in [3.63, 3.8) is 0 Å². The van der Waals surface area contributed by atoms with Crippen LogP contribution in [-0.4, -0.2) is 35.8 Å². The SMILES string of the molecule is CC(C)[C@H](NC(=O)c1ccc(F)cc1)C(=O)NCC(=O)NC(C)(C)C. The molecule has 0 aromatic heterocycles. The molecule has 0 bridgehead atoms. The lowest BCUT2D eigenvalue weighted by atomic mass is 10.0. The zero-order valence-corrected chi connectivity index (χ0v) is 15.3.